The van der Waals surface area contributed by atoms with Crippen LogP contribution in [0.2, 0.25) is 0 Å². The van der Waals surface area contributed by atoms with Crippen LogP contribution in [0.25, 0.3) is 0 Å². The van der Waals surface area contributed by atoms with Crippen molar-refractivity contribution in [2.75, 3.05) is 13.6 Å². The molecular formula is C16H28N2. The molecule has 102 valence electrons. The zero-order valence-corrected chi connectivity index (χ0v) is 11.7. The van der Waals surface area contributed by atoms with Crippen LogP contribution in [0.4, 0.5) is 0 Å². The van der Waals surface area contributed by atoms with E-state index in [1.165, 1.54) is 38.5 Å². The molecule has 1 unspecified atom stereocenters. The summed E-state index contributed by atoms with van der Waals surface area (Å²) in [6, 6.07) is 1.57. The molecule has 5 aliphatic carbocycles. The number of hydrogen-bond acceptors (Lipinski definition) is 2. The van der Waals surface area contributed by atoms with Crippen molar-refractivity contribution < 1.29 is 0 Å². The third kappa shape index (κ3) is 1.76. The largest absolute Gasteiger partial charge is 0.329 e. The average molecular weight is 248 g/mol. The molecule has 0 spiro atoms. The van der Waals surface area contributed by atoms with Gasteiger partial charge in [0.2, 0.25) is 0 Å². The summed E-state index contributed by atoms with van der Waals surface area (Å²) in [5.74, 6) is 5.14. The Morgan fingerprint density at radius 2 is 1.56 bits per heavy atom. The van der Waals surface area contributed by atoms with Gasteiger partial charge in [0.1, 0.15) is 0 Å². The number of nitrogens with two attached hydrogens (primary N) is 1. The highest BCUT2D eigenvalue weighted by molar-refractivity contribution is 5.03. The minimum Gasteiger partial charge on any atom is -0.329 e. The van der Waals surface area contributed by atoms with Crippen LogP contribution in [0, 0.1) is 29.6 Å². The van der Waals surface area contributed by atoms with Gasteiger partial charge < -0.3 is 5.73 Å². The van der Waals surface area contributed by atoms with E-state index >= 15 is 0 Å². The Kier molecular flexibility index (Phi) is 2.74. The molecule has 5 saturated carbocycles. The Labute approximate surface area is 111 Å². The molecule has 0 radical (unpaired) electrons. The van der Waals surface area contributed by atoms with E-state index in [0.29, 0.717) is 6.04 Å². The van der Waals surface area contributed by atoms with E-state index < -0.39 is 0 Å². The maximum atomic E-state index is 6.07. The van der Waals surface area contributed by atoms with Crippen LogP contribution >= 0.6 is 0 Å². The molecule has 4 bridgehead atoms. The molecule has 0 amide bonds. The van der Waals surface area contributed by atoms with Gasteiger partial charge in [0.15, 0.2) is 0 Å². The Bertz CT molecular complexity index is 295. The fourth-order valence-electron chi connectivity index (χ4n) is 5.95. The second-order valence-corrected chi connectivity index (χ2v) is 7.73. The SMILES string of the molecule is CN(C(CN)C1CC1)C1C2CC3CC(C2)CC1C3. The summed E-state index contributed by atoms with van der Waals surface area (Å²) in [5.41, 5.74) is 6.07. The first kappa shape index (κ1) is 11.7. The Morgan fingerprint density at radius 3 is 2.00 bits per heavy atom. The predicted molar refractivity (Wildman–Crippen MR) is 74.2 cm³/mol. The van der Waals surface area contributed by atoms with Gasteiger partial charge in [0.25, 0.3) is 0 Å². The van der Waals surface area contributed by atoms with Gasteiger partial charge in [0, 0.05) is 18.6 Å². The number of rotatable bonds is 4. The third-order valence-corrected chi connectivity index (χ3v) is 6.58. The second kappa shape index (κ2) is 4.21. The first-order valence-electron chi connectivity index (χ1n) is 8.18. The molecule has 2 N–H and O–H groups in total. The molecule has 0 aromatic heterocycles. The Morgan fingerprint density at radius 1 is 1.00 bits per heavy atom. The van der Waals surface area contributed by atoms with Crippen molar-refractivity contribution in [3.05, 3.63) is 0 Å². The van der Waals surface area contributed by atoms with Crippen LogP contribution in [-0.4, -0.2) is 30.6 Å². The van der Waals surface area contributed by atoms with Crippen molar-refractivity contribution in [3.8, 4) is 0 Å². The molecular weight excluding hydrogens is 220 g/mol. The van der Waals surface area contributed by atoms with Gasteiger partial charge in [-0.1, -0.05) is 0 Å². The fourth-order valence-corrected chi connectivity index (χ4v) is 5.95. The molecule has 2 nitrogen and oxygen atoms in total. The summed E-state index contributed by atoms with van der Waals surface area (Å²) < 4.78 is 0. The lowest BCUT2D eigenvalue weighted by Crippen LogP contribution is -2.58. The van der Waals surface area contributed by atoms with Crippen LogP contribution in [0.1, 0.15) is 44.9 Å². The molecule has 5 fully saturated rings. The molecule has 1 atom stereocenters. The van der Waals surface area contributed by atoms with Gasteiger partial charge in [-0.15, -0.1) is 0 Å². The highest BCUT2D eigenvalue weighted by Gasteiger charge is 2.51. The lowest BCUT2D eigenvalue weighted by atomic mass is 9.53. The predicted octanol–water partition coefficient (Wildman–Crippen LogP) is 2.48. The monoisotopic (exact) mass is 248 g/mol. The van der Waals surface area contributed by atoms with Crippen LogP contribution in [-0.2, 0) is 0 Å². The van der Waals surface area contributed by atoms with Gasteiger partial charge >= 0.3 is 0 Å². The summed E-state index contributed by atoms with van der Waals surface area (Å²) in [5, 5.41) is 0. The van der Waals surface area contributed by atoms with Gasteiger partial charge in [-0.3, -0.25) is 4.90 Å². The van der Waals surface area contributed by atoms with Gasteiger partial charge in [-0.2, -0.15) is 0 Å². The van der Waals surface area contributed by atoms with Gasteiger partial charge in [-0.25, -0.2) is 0 Å². The summed E-state index contributed by atoms with van der Waals surface area (Å²) in [7, 11) is 2.39. The minimum absolute atomic E-state index is 0.688. The summed E-state index contributed by atoms with van der Waals surface area (Å²) >= 11 is 0. The zero-order valence-electron chi connectivity index (χ0n) is 11.7. The first-order chi connectivity index (χ1) is 8.76. The molecule has 0 saturated heterocycles. The zero-order chi connectivity index (χ0) is 12.3. The van der Waals surface area contributed by atoms with E-state index in [9.17, 15) is 0 Å². The molecule has 0 aliphatic heterocycles. The number of nitrogens with zero attached hydrogens (tertiary/aromatic N) is 1. The Hall–Kier alpha value is -0.0800. The standard InChI is InChI=1S/C16H28N2/c1-18(15(9-17)12-2-3-12)16-13-5-10-4-11(7-13)8-14(16)6-10/h10-16H,2-9,17H2,1H3. The quantitative estimate of drug-likeness (QED) is 0.828. The van der Waals surface area contributed by atoms with Crippen molar-refractivity contribution in [3.63, 3.8) is 0 Å². The van der Waals surface area contributed by atoms with Gasteiger partial charge in [0.05, 0.1) is 0 Å². The Balaban J connectivity index is 1.53. The highest BCUT2D eigenvalue weighted by Crippen LogP contribution is 2.55. The van der Waals surface area contributed by atoms with E-state index in [1.807, 2.05) is 0 Å². The van der Waals surface area contributed by atoms with Gasteiger partial charge in [-0.05, 0) is 81.6 Å². The first-order valence-corrected chi connectivity index (χ1v) is 8.18. The van der Waals surface area contributed by atoms with E-state index in [2.05, 4.69) is 11.9 Å². The van der Waals surface area contributed by atoms with Crippen molar-refractivity contribution in [1.29, 1.82) is 0 Å². The van der Waals surface area contributed by atoms with Crippen molar-refractivity contribution in [1.82, 2.24) is 4.90 Å². The lowest BCUT2D eigenvalue weighted by Gasteiger charge is -2.57. The van der Waals surface area contributed by atoms with Crippen LogP contribution in [0.15, 0.2) is 0 Å². The van der Waals surface area contributed by atoms with E-state index in [-0.39, 0.29) is 0 Å². The summed E-state index contributed by atoms with van der Waals surface area (Å²) in [4.78, 5) is 2.74. The molecule has 2 heteroatoms. The molecule has 18 heavy (non-hydrogen) atoms. The van der Waals surface area contributed by atoms with Crippen molar-refractivity contribution in [2.24, 2.45) is 35.3 Å². The molecule has 0 heterocycles. The molecule has 0 aromatic carbocycles. The van der Waals surface area contributed by atoms with E-state index in [0.717, 1.165) is 42.2 Å². The van der Waals surface area contributed by atoms with Crippen molar-refractivity contribution in [2.45, 2.75) is 57.0 Å². The van der Waals surface area contributed by atoms with Crippen LogP contribution in [0.3, 0.4) is 0 Å². The summed E-state index contributed by atoms with van der Waals surface area (Å²) in [6.45, 7) is 0.879. The summed E-state index contributed by atoms with van der Waals surface area (Å²) in [6.07, 6.45) is 10.5. The molecule has 0 aromatic rings. The lowest BCUT2D eigenvalue weighted by molar-refractivity contribution is -0.0708. The second-order valence-electron chi connectivity index (χ2n) is 7.73. The maximum Gasteiger partial charge on any atom is 0.0246 e. The van der Waals surface area contributed by atoms with E-state index in [1.54, 1.807) is 6.42 Å². The molecule has 5 aliphatic rings. The topological polar surface area (TPSA) is 29.3 Å². The minimum atomic E-state index is 0.688. The van der Waals surface area contributed by atoms with Crippen LogP contribution < -0.4 is 5.73 Å². The normalized spacial score (nSPS) is 47.8. The average Bonchev–Trinajstić information content (AvgIpc) is 3.13. The van der Waals surface area contributed by atoms with Crippen molar-refractivity contribution >= 4 is 0 Å². The number of hydrogen-bond donors (Lipinski definition) is 1. The smallest absolute Gasteiger partial charge is 0.0246 e. The van der Waals surface area contributed by atoms with E-state index in [4.69, 9.17) is 5.73 Å². The third-order valence-electron chi connectivity index (χ3n) is 6.58. The fraction of sp³-hybridized carbons (Fsp3) is 1.00. The maximum absolute atomic E-state index is 6.07. The molecule has 5 rings (SSSR count). The van der Waals surface area contributed by atoms with Crippen LogP contribution in [0.5, 0.6) is 0 Å². The number of likely N-dealkylation sites (N-methyl/N-ethyl adjacent to an activating group) is 1. The highest BCUT2D eigenvalue weighted by atomic mass is 15.2.